The van der Waals surface area contributed by atoms with E-state index < -0.39 is 0 Å². The van der Waals surface area contributed by atoms with Gasteiger partial charge in [-0.25, -0.2) is 0 Å². The largest absolute Gasteiger partial charge is 0.496 e. The average molecular weight is 229 g/mol. The normalized spacial score (nSPS) is 23.3. The molecule has 3 nitrogen and oxygen atoms in total. The maximum Gasteiger partial charge on any atom is 0.123 e. The van der Waals surface area contributed by atoms with Crippen molar-refractivity contribution in [2.75, 3.05) is 20.3 Å². The summed E-state index contributed by atoms with van der Waals surface area (Å²) in [5.74, 6) is 0.823. The fourth-order valence-corrected chi connectivity index (χ4v) is 3.19. The number of nitriles is 1. The van der Waals surface area contributed by atoms with Gasteiger partial charge in [-0.1, -0.05) is 18.2 Å². The first-order valence-electron chi connectivity index (χ1n) is 5.86. The molecule has 88 valence electrons. The van der Waals surface area contributed by atoms with Crippen LogP contribution in [0.25, 0.3) is 0 Å². The summed E-state index contributed by atoms with van der Waals surface area (Å²) in [6, 6.07) is 10.3. The zero-order valence-electron chi connectivity index (χ0n) is 9.90. The van der Waals surface area contributed by atoms with Crippen LogP contribution in [-0.4, -0.2) is 20.3 Å². The Kier molecular flexibility index (Phi) is 2.17. The van der Waals surface area contributed by atoms with Crippen LogP contribution in [0, 0.1) is 16.7 Å². The first-order chi connectivity index (χ1) is 8.24. The minimum absolute atomic E-state index is 0.274. The van der Waals surface area contributed by atoms with Gasteiger partial charge in [-0.3, -0.25) is 0 Å². The Morgan fingerprint density at radius 3 is 2.53 bits per heavy atom. The second-order valence-electron chi connectivity index (χ2n) is 5.24. The Balaban J connectivity index is 1.94. The molecule has 0 bridgehead atoms. The molecule has 0 radical (unpaired) electrons. The molecule has 1 saturated carbocycles. The van der Waals surface area contributed by atoms with Gasteiger partial charge in [-0.2, -0.15) is 5.26 Å². The first-order valence-corrected chi connectivity index (χ1v) is 5.86. The molecule has 1 heterocycles. The van der Waals surface area contributed by atoms with E-state index in [-0.39, 0.29) is 10.8 Å². The number of benzene rings is 1. The van der Waals surface area contributed by atoms with Crippen LogP contribution in [0.1, 0.15) is 18.4 Å². The maximum atomic E-state index is 9.52. The highest BCUT2D eigenvalue weighted by atomic mass is 16.5. The molecule has 17 heavy (non-hydrogen) atoms. The lowest BCUT2D eigenvalue weighted by Crippen LogP contribution is -2.59. The van der Waals surface area contributed by atoms with Crippen LogP contribution < -0.4 is 4.74 Å². The van der Waals surface area contributed by atoms with Crippen LogP contribution >= 0.6 is 0 Å². The number of hydrogen-bond donors (Lipinski definition) is 0. The number of hydrogen-bond acceptors (Lipinski definition) is 3. The molecule has 1 saturated heterocycles. The van der Waals surface area contributed by atoms with Crippen molar-refractivity contribution in [3.05, 3.63) is 29.8 Å². The summed E-state index contributed by atoms with van der Waals surface area (Å²) >= 11 is 0. The van der Waals surface area contributed by atoms with E-state index in [1.165, 1.54) is 0 Å². The van der Waals surface area contributed by atoms with Gasteiger partial charge in [0.2, 0.25) is 0 Å². The van der Waals surface area contributed by atoms with E-state index in [1.54, 1.807) is 7.11 Å². The second-order valence-corrected chi connectivity index (χ2v) is 5.24. The van der Waals surface area contributed by atoms with Crippen LogP contribution in [0.15, 0.2) is 24.3 Å². The predicted molar refractivity (Wildman–Crippen MR) is 62.8 cm³/mol. The molecule has 2 aliphatic rings. The van der Waals surface area contributed by atoms with Gasteiger partial charge in [0.05, 0.1) is 31.8 Å². The Morgan fingerprint density at radius 1 is 1.29 bits per heavy atom. The highest BCUT2D eigenvalue weighted by Crippen LogP contribution is 2.60. The molecule has 1 aromatic carbocycles. The molecule has 3 rings (SSSR count). The fourth-order valence-electron chi connectivity index (χ4n) is 3.19. The van der Waals surface area contributed by atoms with Gasteiger partial charge in [0.15, 0.2) is 0 Å². The SMILES string of the molecule is COc1ccccc1C1(C#N)CC2(COC2)C1. The summed E-state index contributed by atoms with van der Waals surface area (Å²) in [5.41, 5.74) is 0.940. The molecule has 0 N–H and O–H groups in total. The number of rotatable bonds is 2. The summed E-state index contributed by atoms with van der Waals surface area (Å²) in [6.07, 6.45) is 1.80. The van der Waals surface area contributed by atoms with E-state index in [2.05, 4.69) is 6.07 Å². The molecular weight excluding hydrogens is 214 g/mol. The number of methoxy groups -OCH3 is 1. The lowest BCUT2D eigenvalue weighted by Gasteiger charge is -2.57. The van der Waals surface area contributed by atoms with Crippen molar-refractivity contribution >= 4 is 0 Å². The number of ether oxygens (including phenoxy) is 2. The van der Waals surface area contributed by atoms with E-state index >= 15 is 0 Å². The topological polar surface area (TPSA) is 42.2 Å². The quantitative estimate of drug-likeness (QED) is 0.781. The third kappa shape index (κ3) is 1.37. The van der Waals surface area contributed by atoms with Gasteiger partial charge < -0.3 is 9.47 Å². The highest BCUT2D eigenvalue weighted by Gasteiger charge is 2.60. The minimum Gasteiger partial charge on any atom is -0.496 e. The molecule has 0 unspecified atom stereocenters. The van der Waals surface area contributed by atoms with Crippen molar-refractivity contribution in [2.24, 2.45) is 5.41 Å². The van der Waals surface area contributed by atoms with Gasteiger partial charge in [-0.05, 0) is 18.9 Å². The summed E-state index contributed by atoms with van der Waals surface area (Å²) in [6.45, 7) is 1.62. The van der Waals surface area contributed by atoms with E-state index in [0.29, 0.717) is 0 Å². The summed E-state index contributed by atoms with van der Waals surface area (Å²) in [4.78, 5) is 0. The molecule has 0 amide bonds. The van der Waals surface area contributed by atoms with Crippen LogP contribution in [0.2, 0.25) is 0 Å². The second kappa shape index (κ2) is 3.48. The molecule has 3 heteroatoms. The standard InChI is InChI=1S/C14H15NO2/c1-16-12-5-3-2-4-11(12)14(8-15)6-13(7-14)9-17-10-13/h2-5H,6-7,9-10H2,1H3. The molecule has 0 aromatic heterocycles. The average Bonchev–Trinajstić information content (AvgIpc) is 2.27. The van der Waals surface area contributed by atoms with Crippen molar-refractivity contribution in [3.8, 4) is 11.8 Å². The summed E-state index contributed by atoms with van der Waals surface area (Å²) in [7, 11) is 1.66. The Labute approximate surface area is 101 Å². The Bertz CT molecular complexity index is 477. The van der Waals surface area contributed by atoms with Crippen molar-refractivity contribution in [1.82, 2.24) is 0 Å². The Morgan fingerprint density at radius 2 is 2.00 bits per heavy atom. The van der Waals surface area contributed by atoms with Gasteiger partial charge in [0.1, 0.15) is 5.75 Å². The Hall–Kier alpha value is -1.53. The monoisotopic (exact) mass is 229 g/mol. The van der Waals surface area contributed by atoms with E-state index in [1.807, 2.05) is 24.3 Å². The molecule has 1 aliphatic heterocycles. The maximum absolute atomic E-state index is 9.52. The van der Waals surface area contributed by atoms with Crippen molar-refractivity contribution in [3.63, 3.8) is 0 Å². The molecule has 0 atom stereocenters. The first kappa shape index (κ1) is 10.6. The summed E-state index contributed by atoms with van der Waals surface area (Å²) in [5, 5.41) is 9.52. The van der Waals surface area contributed by atoms with Crippen LogP contribution in [-0.2, 0) is 10.2 Å². The number of nitrogens with zero attached hydrogens (tertiary/aromatic N) is 1. The predicted octanol–water partition coefficient (Wildman–Crippen LogP) is 2.27. The lowest BCUT2D eigenvalue weighted by atomic mass is 9.50. The molecular formula is C14H15NO2. The zero-order valence-corrected chi connectivity index (χ0v) is 9.90. The van der Waals surface area contributed by atoms with Crippen molar-refractivity contribution in [2.45, 2.75) is 18.3 Å². The third-order valence-corrected chi connectivity index (χ3v) is 4.01. The van der Waals surface area contributed by atoms with Gasteiger partial charge >= 0.3 is 0 Å². The van der Waals surface area contributed by atoms with Crippen LogP contribution in [0.4, 0.5) is 0 Å². The van der Waals surface area contributed by atoms with Crippen LogP contribution in [0.5, 0.6) is 5.75 Å². The molecule has 2 fully saturated rings. The van der Waals surface area contributed by atoms with Gasteiger partial charge in [0, 0.05) is 11.0 Å². The van der Waals surface area contributed by atoms with E-state index in [9.17, 15) is 5.26 Å². The zero-order chi connectivity index (χ0) is 11.9. The van der Waals surface area contributed by atoms with Gasteiger partial charge in [0.25, 0.3) is 0 Å². The molecule has 1 spiro atoms. The minimum atomic E-state index is -0.365. The summed E-state index contributed by atoms with van der Waals surface area (Å²) < 4.78 is 10.6. The lowest BCUT2D eigenvalue weighted by molar-refractivity contribution is -0.178. The third-order valence-electron chi connectivity index (χ3n) is 4.01. The van der Waals surface area contributed by atoms with Crippen LogP contribution in [0.3, 0.4) is 0 Å². The number of para-hydroxylation sites is 1. The van der Waals surface area contributed by atoms with E-state index in [0.717, 1.165) is 37.4 Å². The van der Waals surface area contributed by atoms with Crippen molar-refractivity contribution in [1.29, 1.82) is 5.26 Å². The smallest absolute Gasteiger partial charge is 0.123 e. The molecule has 1 aromatic rings. The molecule has 1 aliphatic carbocycles. The van der Waals surface area contributed by atoms with E-state index in [4.69, 9.17) is 9.47 Å². The van der Waals surface area contributed by atoms with Gasteiger partial charge in [-0.15, -0.1) is 0 Å². The highest BCUT2D eigenvalue weighted by molar-refractivity contribution is 5.47. The fraction of sp³-hybridized carbons (Fsp3) is 0.500. The van der Waals surface area contributed by atoms with Crippen molar-refractivity contribution < 1.29 is 9.47 Å².